The Morgan fingerprint density at radius 2 is 1.20 bits per heavy atom. The number of aliphatic carboxylic acids is 1. The van der Waals surface area contributed by atoms with Crippen LogP contribution in [0.25, 0.3) is 0 Å². The summed E-state index contributed by atoms with van der Waals surface area (Å²) in [5.74, 6) is -1.18. The van der Waals surface area contributed by atoms with E-state index in [2.05, 4.69) is 10.6 Å². The molecule has 30 heavy (non-hydrogen) atoms. The molecule has 1 amide bonds. The van der Waals surface area contributed by atoms with E-state index in [1.807, 2.05) is 91.0 Å². The lowest BCUT2D eigenvalue weighted by Crippen LogP contribution is -2.52. The lowest BCUT2D eigenvalue weighted by molar-refractivity contribution is -0.140. The number of carbonyl (C=O) groups excluding carboxylic acids is 1. The maximum absolute atomic E-state index is 12.2. The summed E-state index contributed by atoms with van der Waals surface area (Å²) >= 11 is 0. The summed E-state index contributed by atoms with van der Waals surface area (Å²) in [5, 5.41) is 15.9. The van der Waals surface area contributed by atoms with Crippen molar-refractivity contribution >= 4 is 11.9 Å². The smallest absolute Gasteiger partial charge is 0.320 e. The molecule has 3 N–H and O–H groups in total. The van der Waals surface area contributed by atoms with E-state index in [1.54, 1.807) is 7.05 Å². The first-order valence-electron chi connectivity index (χ1n) is 9.95. The highest BCUT2D eigenvalue weighted by Gasteiger charge is 2.39. The van der Waals surface area contributed by atoms with Crippen molar-refractivity contribution in [2.45, 2.75) is 24.4 Å². The first-order valence-corrected chi connectivity index (χ1v) is 9.95. The third kappa shape index (κ3) is 4.58. The first kappa shape index (κ1) is 21.3. The van der Waals surface area contributed by atoms with Crippen molar-refractivity contribution in [3.05, 3.63) is 108 Å². The monoisotopic (exact) mass is 402 g/mol. The molecule has 0 fully saturated rings. The molecule has 3 aromatic rings. The van der Waals surface area contributed by atoms with Gasteiger partial charge in [-0.2, -0.15) is 0 Å². The van der Waals surface area contributed by atoms with Gasteiger partial charge in [-0.3, -0.25) is 14.9 Å². The number of amides is 1. The van der Waals surface area contributed by atoms with Crippen LogP contribution in [0.2, 0.25) is 0 Å². The van der Waals surface area contributed by atoms with Crippen LogP contribution in [0.3, 0.4) is 0 Å². The Kier molecular flexibility index (Phi) is 6.99. The minimum Gasteiger partial charge on any atom is -0.480 e. The molecule has 0 unspecified atom stereocenters. The van der Waals surface area contributed by atoms with E-state index in [0.29, 0.717) is 0 Å². The topological polar surface area (TPSA) is 78.4 Å². The zero-order valence-electron chi connectivity index (χ0n) is 16.9. The molecule has 0 radical (unpaired) electrons. The Hall–Kier alpha value is -3.44. The summed E-state index contributed by atoms with van der Waals surface area (Å²) in [6.07, 6.45) is 0.290. The molecule has 3 rings (SSSR count). The second-order valence-electron chi connectivity index (χ2n) is 7.10. The molecule has 0 bridgehead atoms. The van der Waals surface area contributed by atoms with Crippen molar-refractivity contribution in [1.29, 1.82) is 0 Å². The van der Waals surface area contributed by atoms with Crippen LogP contribution in [0.4, 0.5) is 0 Å². The SMILES string of the molecule is CNC(=O)CC[C@@H](NC(c1ccccc1)(c1ccccc1)c1ccccc1)C(=O)O. The van der Waals surface area contributed by atoms with Gasteiger partial charge in [0, 0.05) is 13.5 Å². The molecular weight excluding hydrogens is 376 g/mol. The van der Waals surface area contributed by atoms with Crippen LogP contribution in [0, 0.1) is 0 Å². The number of nitrogens with one attached hydrogen (secondary N) is 2. The summed E-state index contributed by atoms with van der Waals surface area (Å²) in [4.78, 5) is 24.0. The minimum absolute atomic E-state index is 0.120. The van der Waals surface area contributed by atoms with E-state index in [1.165, 1.54) is 0 Å². The fourth-order valence-electron chi connectivity index (χ4n) is 3.73. The van der Waals surface area contributed by atoms with Gasteiger partial charge in [0.05, 0.1) is 5.54 Å². The van der Waals surface area contributed by atoms with Crippen molar-refractivity contribution in [1.82, 2.24) is 10.6 Å². The van der Waals surface area contributed by atoms with E-state index in [9.17, 15) is 14.7 Å². The zero-order valence-corrected chi connectivity index (χ0v) is 16.9. The number of carboxylic acids is 1. The highest BCUT2D eigenvalue weighted by molar-refractivity contribution is 5.78. The fraction of sp³-hybridized carbons (Fsp3) is 0.200. The Labute approximate surface area is 176 Å². The van der Waals surface area contributed by atoms with Gasteiger partial charge >= 0.3 is 5.97 Å². The number of benzene rings is 3. The van der Waals surface area contributed by atoms with Crippen LogP contribution < -0.4 is 10.6 Å². The largest absolute Gasteiger partial charge is 0.480 e. The van der Waals surface area contributed by atoms with Crippen LogP contribution in [-0.4, -0.2) is 30.1 Å². The zero-order chi connectivity index (χ0) is 21.4. The van der Waals surface area contributed by atoms with Crippen LogP contribution in [-0.2, 0) is 15.1 Å². The van der Waals surface area contributed by atoms with E-state index >= 15 is 0 Å². The molecule has 0 aliphatic carbocycles. The number of carboxylic acid groups (broad SMARTS) is 1. The Morgan fingerprint density at radius 3 is 1.53 bits per heavy atom. The van der Waals surface area contributed by atoms with Gasteiger partial charge in [-0.15, -0.1) is 0 Å². The van der Waals surface area contributed by atoms with Crippen molar-refractivity contribution in [2.75, 3.05) is 7.05 Å². The third-order valence-electron chi connectivity index (χ3n) is 5.25. The predicted molar refractivity (Wildman–Crippen MR) is 117 cm³/mol. The quantitative estimate of drug-likeness (QED) is 0.479. The van der Waals surface area contributed by atoms with Gasteiger partial charge in [0.2, 0.25) is 5.91 Å². The standard InChI is InChI=1S/C25H26N2O3/c1-26-23(28)18-17-22(24(29)30)27-25(19-11-5-2-6-12-19,20-13-7-3-8-14-20)21-15-9-4-10-16-21/h2-16,22,27H,17-18H2,1H3,(H,26,28)(H,29,30)/t22-/m1/s1. The molecule has 1 atom stereocenters. The third-order valence-corrected chi connectivity index (χ3v) is 5.25. The number of hydrogen-bond donors (Lipinski definition) is 3. The molecule has 5 nitrogen and oxygen atoms in total. The van der Waals surface area contributed by atoms with Crippen LogP contribution in [0.5, 0.6) is 0 Å². The van der Waals surface area contributed by atoms with Crippen molar-refractivity contribution in [3.63, 3.8) is 0 Å². The summed E-state index contributed by atoms with van der Waals surface area (Å²) < 4.78 is 0. The molecule has 0 saturated carbocycles. The average molecular weight is 402 g/mol. The highest BCUT2D eigenvalue weighted by atomic mass is 16.4. The first-order chi connectivity index (χ1) is 14.6. The average Bonchev–Trinajstić information content (AvgIpc) is 2.80. The lowest BCUT2D eigenvalue weighted by atomic mass is 9.76. The molecule has 0 aromatic heterocycles. The Morgan fingerprint density at radius 1 is 0.800 bits per heavy atom. The normalized spacial score (nSPS) is 12.2. The highest BCUT2D eigenvalue weighted by Crippen LogP contribution is 2.37. The van der Waals surface area contributed by atoms with Crippen molar-refractivity contribution < 1.29 is 14.7 Å². The molecule has 0 heterocycles. The molecule has 0 spiro atoms. The predicted octanol–water partition coefficient (Wildman–Crippen LogP) is 3.55. The maximum atomic E-state index is 12.2. The van der Waals surface area contributed by atoms with Crippen molar-refractivity contribution in [2.24, 2.45) is 0 Å². The van der Waals surface area contributed by atoms with Gasteiger partial charge in [-0.25, -0.2) is 0 Å². The van der Waals surface area contributed by atoms with Gasteiger partial charge < -0.3 is 10.4 Å². The maximum Gasteiger partial charge on any atom is 0.320 e. The fourth-order valence-corrected chi connectivity index (χ4v) is 3.73. The van der Waals surface area contributed by atoms with Gasteiger partial charge in [0.25, 0.3) is 0 Å². The summed E-state index contributed by atoms with van der Waals surface area (Å²) in [6, 6.07) is 28.5. The summed E-state index contributed by atoms with van der Waals surface area (Å²) in [7, 11) is 1.55. The summed E-state index contributed by atoms with van der Waals surface area (Å²) in [5.41, 5.74) is 1.88. The molecule has 0 aliphatic heterocycles. The molecular formula is C25H26N2O3. The molecule has 5 heteroatoms. The molecule has 0 saturated heterocycles. The minimum atomic E-state index is -0.994. The second kappa shape index (κ2) is 9.85. The Bertz CT molecular complexity index is 863. The number of rotatable bonds is 9. The van der Waals surface area contributed by atoms with Gasteiger partial charge in [0.15, 0.2) is 0 Å². The van der Waals surface area contributed by atoms with E-state index < -0.39 is 17.6 Å². The van der Waals surface area contributed by atoms with Crippen LogP contribution in [0.1, 0.15) is 29.5 Å². The van der Waals surface area contributed by atoms with E-state index in [4.69, 9.17) is 0 Å². The molecule has 3 aromatic carbocycles. The Balaban J connectivity index is 2.17. The van der Waals surface area contributed by atoms with Gasteiger partial charge in [-0.05, 0) is 23.1 Å². The van der Waals surface area contributed by atoms with Crippen LogP contribution >= 0.6 is 0 Å². The van der Waals surface area contributed by atoms with Gasteiger partial charge in [0.1, 0.15) is 6.04 Å². The van der Waals surface area contributed by atoms with Gasteiger partial charge in [-0.1, -0.05) is 91.0 Å². The van der Waals surface area contributed by atoms with E-state index in [-0.39, 0.29) is 18.7 Å². The molecule has 154 valence electrons. The lowest BCUT2D eigenvalue weighted by Gasteiger charge is -2.39. The second-order valence-corrected chi connectivity index (χ2v) is 7.10. The summed E-state index contributed by atoms with van der Waals surface area (Å²) in [6.45, 7) is 0. The van der Waals surface area contributed by atoms with Crippen LogP contribution in [0.15, 0.2) is 91.0 Å². The molecule has 0 aliphatic rings. The van der Waals surface area contributed by atoms with Crippen molar-refractivity contribution in [3.8, 4) is 0 Å². The number of hydrogen-bond acceptors (Lipinski definition) is 3. The van der Waals surface area contributed by atoms with E-state index in [0.717, 1.165) is 16.7 Å². The number of carbonyl (C=O) groups is 2.